The minimum atomic E-state index is -0.552. The van der Waals surface area contributed by atoms with Crippen LogP contribution in [0.15, 0.2) is 9.64 Å². The molecule has 0 aromatic carbocycles. The summed E-state index contributed by atoms with van der Waals surface area (Å²) in [5.41, 5.74) is 0. The Balaban J connectivity index is 1.78. The Kier molecular flexibility index (Phi) is 3.82. The molecule has 0 amide bonds. The average Bonchev–Trinajstić information content (AvgIpc) is 2.95. The van der Waals surface area contributed by atoms with Gasteiger partial charge in [0.25, 0.3) is 5.22 Å². The number of nitrogens with zero attached hydrogens (tertiary/aromatic N) is 2. The first-order valence-corrected chi connectivity index (χ1v) is 6.41. The lowest BCUT2D eigenvalue weighted by Crippen LogP contribution is -2.04. The van der Waals surface area contributed by atoms with Gasteiger partial charge in [-0.25, -0.2) is 4.79 Å². The molecule has 0 spiro atoms. The molecule has 1 aromatic heterocycles. The third-order valence-corrected chi connectivity index (χ3v) is 3.16. The highest BCUT2D eigenvalue weighted by molar-refractivity contribution is 7.99. The van der Waals surface area contributed by atoms with Gasteiger partial charge in [0.2, 0.25) is 0 Å². The molecule has 16 heavy (non-hydrogen) atoms. The van der Waals surface area contributed by atoms with Gasteiger partial charge in [-0.1, -0.05) is 29.7 Å². The maximum absolute atomic E-state index is 11.2. The van der Waals surface area contributed by atoms with Crippen molar-refractivity contribution in [2.24, 2.45) is 5.92 Å². The second-order valence-electron chi connectivity index (χ2n) is 3.67. The first kappa shape index (κ1) is 11.4. The maximum Gasteiger partial charge on any atom is 0.396 e. The highest BCUT2D eigenvalue weighted by Crippen LogP contribution is 2.34. The van der Waals surface area contributed by atoms with Crippen LogP contribution in [0.2, 0.25) is 0 Å². The highest BCUT2D eigenvalue weighted by Gasteiger charge is 2.21. The molecule has 1 aromatic rings. The van der Waals surface area contributed by atoms with Crippen LogP contribution in [0.25, 0.3) is 0 Å². The molecule has 0 aliphatic heterocycles. The van der Waals surface area contributed by atoms with E-state index < -0.39 is 5.97 Å². The first-order valence-electron chi connectivity index (χ1n) is 5.43. The van der Waals surface area contributed by atoms with Crippen LogP contribution in [0.5, 0.6) is 0 Å². The van der Waals surface area contributed by atoms with Gasteiger partial charge < -0.3 is 9.15 Å². The van der Waals surface area contributed by atoms with Gasteiger partial charge in [-0.05, 0) is 19.3 Å². The number of rotatable bonds is 6. The summed E-state index contributed by atoms with van der Waals surface area (Å²) in [6.45, 7) is 2.05. The van der Waals surface area contributed by atoms with Gasteiger partial charge in [-0.2, -0.15) is 0 Å². The SMILES string of the molecule is CCOC(=O)c1nnc(SCCC2CC2)o1. The van der Waals surface area contributed by atoms with Gasteiger partial charge in [0.15, 0.2) is 0 Å². The quantitative estimate of drug-likeness (QED) is 0.562. The van der Waals surface area contributed by atoms with Crippen LogP contribution in [0.4, 0.5) is 0 Å². The van der Waals surface area contributed by atoms with E-state index in [9.17, 15) is 4.79 Å². The predicted molar refractivity (Wildman–Crippen MR) is 58.3 cm³/mol. The molecule has 1 aliphatic carbocycles. The molecular weight excluding hydrogens is 228 g/mol. The third kappa shape index (κ3) is 3.23. The van der Waals surface area contributed by atoms with E-state index in [-0.39, 0.29) is 5.89 Å². The molecule has 0 saturated heterocycles. The maximum atomic E-state index is 11.2. The number of aromatic nitrogens is 2. The topological polar surface area (TPSA) is 65.2 Å². The number of ether oxygens (including phenoxy) is 1. The van der Waals surface area contributed by atoms with E-state index in [1.54, 1.807) is 6.92 Å². The lowest BCUT2D eigenvalue weighted by molar-refractivity contribution is 0.0475. The minimum absolute atomic E-state index is 0.0595. The van der Waals surface area contributed by atoms with Crippen molar-refractivity contribution >= 4 is 17.7 Å². The van der Waals surface area contributed by atoms with E-state index >= 15 is 0 Å². The van der Waals surface area contributed by atoms with E-state index in [2.05, 4.69) is 10.2 Å². The van der Waals surface area contributed by atoms with Crippen molar-refractivity contribution in [1.82, 2.24) is 10.2 Å². The molecule has 0 N–H and O–H groups in total. The summed E-state index contributed by atoms with van der Waals surface area (Å²) in [6, 6.07) is 0. The van der Waals surface area contributed by atoms with E-state index in [1.807, 2.05) is 0 Å². The Hall–Kier alpha value is -1.04. The fourth-order valence-electron chi connectivity index (χ4n) is 1.26. The monoisotopic (exact) mass is 242 g/mol. The van der Waals surface area contributed by atoms with Crippen molar-refractivity contribution < 1.29 is 13.9 Å². The summed E-state index contributed by atoms with van der Waals surface area (Å²) < 4.78 is 9.92. The molecule has 5 nitrogen and oxygen atoms in total. The van der Waals surface area contributed by atoms with E-state index in [4.69, 9.17) is 9.15 Å². The zero-order valence-corrected chi connectivity index (χ0v) is 9.96. The molecule has 0 bridgehead atoms. The Bertz CT molecular complexity index is 363. The molecule has 1 saturated carbocycles. The van der Waals surface area contributed by atoms with E-state index in [1.165, 1.54) is 31.0 Å². The summed E-state index contributed by atoms with van der Waals surface area (Å²) in [5.74, 6) is 1.24. The van der Waals surface area contributed by atoms with Crippen LogP contribution in [-0.2, 0) is 4.74 Å². The largest absolute Gasteiger partial charge is 0.459 e. The van der Waals surface area contributed by atoms with Gasteiger partial charge in [-0.15, -0.1) is 5.10 Å². The summed E-state index contributed by atoms with van der Waals surface area (Å²) in [7, 11) is 0. The number of thioether (sulfide) groups is 1. The fourth-order valence-corrected chi connectivity index (χ4v) is 2.13. The Morgan fingerprint density at radius 1 is 1.56 bits per heavy atom. The van der Waals surface area contributed by atoms with Crippen molar-refractivity contribution in [1.29, 1.82) is 0 Å². The fraction of sp³-hybridized carbons (Fsp3) is 0.700. The average molecular weight is 242 g/mol. The molecular formula is C10H14N2O3S. The highest BCUT2D eigenvalue weighted by atomic mass is 32.2. The standard InChI is InChI=1S/C10H14N2O3S/c1-2-14-9(13)8-11-12-10(15-8)16-6-5-7-3-4-7/h7H,2-6H2,1H3. The van der Waals surface area contributed by atoms with Gasteiger partial charge in [-0.3, -0.25) is 0 Å². The van der Waals surface area contributed by atoms with Gasteiger partial charge in [0.1, 0.15) is 0 Å². The molecule has 0 radical (unpaired) electrons. The Labute approximate surface area is 97.9 Å². The Morgan fingerprint density at radius 3 is 3.06 bits per heavy atom. The zero-order valence-electron chi connectivity index (χ0n) is 9.14. The number of carbonyl (C=O) groups is 1. The van der Waals surface area contributed by atoms with Crippen LogP contribution >= 0.6 is 11.8 Å². The number of hydrogen-bond donors (Lipinski definition) is 0. The molecule has 6 heteroatoms. The van der Waals surface area contributed by atoms with Crippen molar-refractivity contribution in [3.05, 3.63) is 5.89 Å². The molecule has 0 unspecified atom stereocenters. The van der Waals surface area contributed by atoms with Crippen LogP contribution in [0.1, 0.15) is 36.9 Å². The molecule has 1 aliphatic rings. The lowest BCUT2D eigenvalue weighted by atomic mass is 10.3. The van der Waals surface area contributed by atoms with Crippen molar-refractivity contribution in [3.8, 4) is 0 Å². The second kappa shape index (κ2) is 5.34. The first-order chi connectivity index (χ1) is 7.79. The molecule has 88 valence electrons. The lowest BCUT2D eigenvalue weighted by Gasteiger charge is -1.95. The van der Waals surface area contributed by atoms with E-state index in [0.717, 1.165) is 11.7 Å². The zero-order chi connectivity index (χ0) is 11.4. The van der Waals surface area contributed by atoms with Gasteiger partial charge in [0, 0.05) is 5.75 Å². The van der Waals surface area contributed by atoms with Crippen LogP contribution < -0.4 is 0 Å². The van der Waals surface area contributed by atoms with Gasteiger partial charge in [0.05, 0.1) is 6.61 Å². The molecule has 2 rings (SSSR count). The van der Waals surface area contributed by atoms with E-state index in [0.29, 0.717) is 11.8 Å². The Morgan fingerprint density at radius 2 is 2.38 bits per heavy atom. The molecule has 1 heterocycles. The molecule has 0 atom stereocenters. The van der Waals surface area contributed by atoms with Crippen molar-refractivity contribution in [2.75, 3.05) is 12.4 Å². The van der Waals surface area contributed by atoms with Gasteiger partial charge >= 0.3 is 11.9 Å². The second-order valence-corrected chi connectivity index (χ2v) is 4.72. The predicted octanol–water partition coefficient (Wildman–Crippen LogP) is 2.14. The number of esters is 1. The summed E-state index contributed by atoms with van der Waals surface area (Å²) in [5, 5.41) is 7.87. The summed E-state index contributed by atoms with van der Waals surface area (Å²) in [6.07, 6.45) is 3.87. The van der Waals surface area contributed by atoms with Crippen molar-refractivity contribution in [2.45, 2.75) is 31.4 Å². The van der Waals surface area contributed by atoms with Crippen molar-refractivity contribution in [3.63, 3.8) is 0 Å². The smallest absolute Gasteiger partial charge is 0.396 e. The summed E-state index contributed by atoms with van der Waals surface area (Å²) in [4.78, 5) is 11.2. The van der Waals surface area contributed by atoms with Crippen LogP contribution in [-0.4, -0.2) is 28.5 Å². The normalized spacial score (nSPS) is 15.1. The summed E-state index contributed by atoms with van der Waals surface area (Å²) >= 11 is 1.50. The van der Waals surface area contributed by atoms with Crippen LogP contribution in [0.3, 0.4) is 0 Å². The molecule has 1 fully saturated rings. The minimum Gasteiger partial charge on any atom is -0.459 e. The number of carbonyl (C=O) groups excluding carboxylic acids is 1. The van der Waals surface area contributed by atoms with Crippen LogP contribution in [0, 0.1) is 5.92 Å². The third-order valence-electron chi connectivity index (χ3n) is 2.31. The number of hydrogen-bond acceptors (Lipinski definition) is 6.